The van der Waals surface area contributed by atoms with E-state index in [4.69, 9.17) is 11.6 Å². The molecule has 2 unspecified atom stereocenters. The van der Waals surface area contributed by atoms with Crippen molar-refractivity contribution in [3.8, 4) is 0 Å². The maximum Gasteiger partial charge on any atom is 0.242 e. The van der Waals surface area contributed by atoms with Crippen LogP contribution in [0.25, 0.3) is 0 Å². The van der Waals surface area contributed by atoms with E-state index in [0.717, 1.165) is 25.9 Å². The molecule has 1 N–H and O–H groups in total. The number of carbonyl (C=O) groups is 1. The van der Waals surface area contributed by atoms with Crippen molar-refractivity contribution >= 4 is 23.3 Å². The number of nitrogens with one attached hydrogen (secondary N) is 1. The van der Waals surface area contributed by atoms with Crippen LogP contribution in [0.2, 0.25) is 5.02 Å². The SMILES string of the molecule is CC(C(=O)Nc1ccc(Cl)cn1)N1CCCC(c2ccnn2C)C1. The molecule has 0 aromatic carbocycles. The van der Waals surface area contributed by atoms with Crippen LogP contribution in [0.1, 0.15) is 31.4 Å². The van der Waals surface area contributed by atoms with Gasteiger partial charge in [0, 0.05) is 37.6 Å². The number of amides is 1. The number of carbonyl (C=O) groups excluding carboxylic acids is 1. The third-order valence-corrected chi connectivity index (χ3v) is 4.86. The summed E-state index contributed by atoms with van der Waals surface area (Å²) >= 11 is 5.82. The lowest BCUT2D eigenvalue weighted by molar-refractivity contribution is -0.121. The first kappa shape index (κ1) is 16.9. The van der Waals surface area contributed by atoms with Crippen LogP contribution in [0.15, 0.2) is 30.6 Å². The monoisotopic (exact) mass is 347 g/mol. The van der Waals surface area contributed by atoms with Gasteiger partial charge in [-0.05, 0) is 44.5 Å². The van der Waals surface area contributed by atoms with E-state index in [0.29, 0.717) is 16.8 Å². The van der Waals surface area contributed by atoms with Gasteiger partial charge in [0.05, 0.1) is 11.1 Å². The summed E-state index contributed by atoms with van der Waals surface area (Å²) in [7, 11) is 1.97. The molecule has 3 rings (SSSR count). The van der Waals surface area contributed by atoms with Crippen molar-refractivity contribution in [1.29, 1.82) is 0 Å². The maximum absolute atomic E-state index is 12.5. The zero-order chi connectivity index (χ0) is 17.1. The number of piperidine rings is 1. The third-order valence-electron chi connectivity index (χ3n) is 4.64. The zero-order valence-electron chi connectivity index (χ0n) is 13.9. The molecule has 0 aliphatic carbocycles. The van der Waals surface area contributed by atoms with E-state index in [2.05, 4.69) is 26.4 Å². The van der Waals surface area contributed by atoms with Gasteiger partial charge in [-0.3, -0.25) is 14.4 Å². The fourth-order valence-corrected chi connectivity index (χ4v) is 3.34. The van der Waals surface area contributed by atoms with Crippen molar-refractivity contribution in [2.75, 3.05) is 18.4 Å². The van der Waals surface area contributed by atoms with Gasteiger partial charge >= 0.3 is 0 Å². The minimum atomic E-state index is -0.210. The molecule has 7 heteroatoms. The largest absolute Gasteiger partial charge is 0.309 e. The molecular weight excluding hydrogens is 326 g/mol. The third kappa shape index (κ3) is 3.76. The molecule has 6 nitrogen and oxygen atoms in total. The molecule has 0 spiro atoms. The van der Waals surface area contributed by atoms with E-state index in [1.165, 1.54) is 11.9 Å². The first-order chi connectivity index (χ1) is 11.5. The van der Waals surface area contributed by atoms with Crippen molar-refractivity contribution in [1.82, 2.24) is 19.7 Å². The number of likely N-dealkylation sites (tertiary alicyclic amines) is 1. The molecule has 128 valence electrons. The normalized spacial score (nSPS) is 19.9. The molecular formula is C17H22ClN5O. The molecule has 1 amide bonds. The first-order valence-corrected chi connectivity index (χ1v) is 8.57. The molecule has 2 atom stereocenters. The fraction of sp³-hybridized carbons (Fsp3) is 0.471. The van der Waals surface area contributed by atoms with Gasteiger partial charge in [-0.1, -0.05) is 11.6 Å². The number of nitrogens with zero attached hydrogens (tertiary/aromatic N) is 4. The summed E-state index contributed by atoms with van der Waals surface area (Å²) in [5.74, 6) is 0.891. The molecule has 0 saturated carbocycles. The second-order valence-corrected chi connectivity index (χ2v) is 6.68. The Bertz CT molecular complexity index is 699. The van der Waals surface area contributed by atoms with E-state index < -0.39 is 0 Å². The topological polar surface area (TPSA) is 63.1 Å². The Morgan fingerprint density at radius 2 is 2.25 bits per heavy atom. The predicted molar refractivity (Wildman–Crippen MR) is 94.1 cm³/mol. The van der Waals surface area contributed by atoms with Gasteiger partial charge < -0.3 is 5.32 Å². The van der Waals surface area contributed by atoms with E-state index >= 15 is 0 Å². The fourth-order valence-electron chi connectivity index (χ4n) is 3.23. The first-order valence-electron chi connectivity index (χ1n) is 8.19. The minimum Gasteiger partial charge on any atom is -0.309 e. The number of aryl methyl sites for hydroxylation is 1. The zero-order valence-corrected chi connectivity index (χ0v) is 14.7. The van der Waals surface area contributed by atoms with Crippen LogP contribution < -0.4 is 5.32 Å². The number of pyridine rings is 1. The number of anilines is 1. The highest BCUT2D eigenvalue weighted by Gasteiger charge is 2.29. The molecule has 2 aromatic heterocycles. The van der Waals surface area contributed by atoms with Crippen LogP contribution in [0.4, 0.5) is 5.82 Å². The predicted octanol–water partition coefficient (Wildman–Crippen LogP) is 2.68. The highest BCUT2D eigenvalue weighted by Crippen LogP contribution is 2.27. The van der Waals surface area contributed by atoms with E-state index in [-0.39, 0.29) is 11.9 Å². The molecule has 1 saturated heterocycles. The summed E-state index contributed by atoms with van der Waals surface area (Å²) in [5.41, 5.74) is 1.23. The van der Waals surface area contributed by atoms with Gasteiger partial charge in [-0.2, -0.15) is 5.10 Å². The summed E-state index contributed by atoms with van der Waals surface area (Å²) < 4.78 is 1.93. The Balaban J connectivity index is 1.63. The van der Waals surface area contributed by atoms with E-state index in [9.17, 15) is 4.79 Å². The summed E-state index contributed by atoms with van der Waals surface area (Å²) in [6.45, 7) is 3.73. The van der Waals surface area contributed by atoms with Gasteiger partial charge in [0.25, 0.3) is 0 Å². The molecule has 0 bridgehead atoms. The van der Waals surface area contributed by atoms with Crippen LogP contribution >= 0.6 is 11.6 Å². The van der Waals surface area contributed by atoms with Crippen molar-refractivity contribution in [3.05, 3.63) is 41.3 Å². The summed E-state index contributed by atoms with van der Waals surface area (Å²) in [4.78, 5) is 18.9. The molecule has 1 aliphatic rings. The highest BCUT2D eigenvalue weighted by atomic mass is 35.5. The van der Waals surface area contributed by atoms with E-state index in [1.54, 1.807) is 12.1 Å². The number of aromatic nitrogens is 3. The number of hydrogen-bond donors (Lipinski definition) is 1. The van der Waals surface area contributed by atoms with Crippen LogP contribution in [-0.2, 0) is 11.8 Å². The highest BCUT2D eigenvalue weighted by molar-refractivity contribution is 6.30. The second-order valence-electron chi connectivity index (χ2n) is 6.24. The average Bonchev–Trinajstić information content (AvgIpc) is 3.02. The quantitative estimate of drug-likeness (QED) is 0.923. The molecule has 1 aliphatic heterocycles. The van der Waals surface area contributed by atoms with Crippen molar-refractivity contribution in [2.24, 2.45) is 7.05 Å². The Morgan fingerprint density at radius 3 is 2.92 bits per heavy atom. The Morgan fingerprint density at radius 1 is 1.42 bits per heavy atom. The van der Waals surface area contributed by atoms with Crippen molar-refractivity contribution in [2.45, 2.75) is 31.7 Å². The maximum atomic E-state index is 12.5. The van der Waals surface area contributed by atoms with Crippen LogP contribution in [0.3, 0.4) is 0 Å². The second kappa shape index (κ2) is 7.32. The lowest BCUT2D eigenvalue weighted by Crippen LogP contribution is -2.46. The van der Waals surface area contributed by atoms with Gasteiger partial charge in [-0.15, -0.1) is 0 Å². The molecule has 2 aromatic rings. The summed E-state index contributed by atoms with van der Waals surface area (Å²) in [6.07, 6.45) is 5.56. The number of hydrogen-bond acceptors (Lipinski definition) is 4. The van der Waals surface area contributed by atoms with Gasteiger partial charge in [-0.25, -0.2) is 4.98 Å². The van der Waals surface area contributed by atoms with Crippen molar-refractivity contribution in [3.63, 3.8) is 0 Å². The molecule has 24 heavy (non-hydrogen) atoms. The standard InChI is InChI=1S/C17H22ClN5O/c1-12(17(24)21-16-6-5-14(18)10-19-16)23-9-3-4-13(11-23)15-7-8-20-22(15)2/h5-8,10,12-13H,3-4,9,11H2,1-2H3,(H,19,21,24). The Hall–Kier alpha value is -1.92. The van der Waals surface area contributed by atoms with Crippen LogP contribution in [0, 0.1) is 0 Å². The van der Waals surface area contributed by atoms with Crippen molar-refractivity contribution < 1.29 is 4.79 Å². The Kier molecular flexibility index (Phi) is 5.16. The van der Waals surface area contributed by atoms with Gasteiger partial charge in [0.1, 0.15) is 5.82 Å². The number of rotatable bonds is 4. The molecule has 1 fully saturated rings. The lowest BCUT2D eigenvalue weighted by Gasteiger charge is -2.36. The van der Waals surface area contributed by atoms with Crippen LogP contribution in [0.5, 0.6) is 0 Å². The van der Waals surface area contributed by atoms with Gasteiger partial charge in [0.15, 0.2) is 0 Å². The summed E-state index contributed by atoms with van der Waals surface area (Å²) in [6, 6.07) is 5.28. The minimum absolute atomic E-state index is 0.0459. The lowest BCUT2D eigenvalue weighted by atomic mass is 9.93. The van der Waals surface area contributed by atoms with E-state index in [1.807, 2.05) is 24.9 Å². The van der Waals surface area contributed by atoms with Crippen LogP contribution in [-0.4, -0.2) is 44.7 Å². The Labute approximate surface area is 146 Å². The summed E-state index contributed by atoms with van der Waals surface area (Å²) in [5, 5.41) is 7.67. The average molecular weight is 348 g/mol. The number of halogens is 1. The molecule has 3 heterocycles. The molecule has 0 radical (unpaired) electrons. The smallest absolute Gasteiger partial charge is 0.242 e. The van der Waals surface area contributed by atoms with Gasteiger partial charge in [0.2, 0.25) is 5.91 Å².